The molecular formula is C42H24BNO3. The molecule has 0 amide bonds. The highest BCUT2D eigenvalue weighted by Crippen LogP contribution is 2.43. The topological polar surface area (TPSA) is 32.6 Å². The van der Waals surface area contributed by atoms with Gasteiger partial charge in [0.2, 0.25) is 0 Å². The summed E-state index contributed by atoms with van der Waals surface area (Å²) < 4.78 is 21.9. The molecule has 3 aliphatic rings. The molecule has 11 rings (SSSR count). The average molecular weight is 601 g/mol. The fourth-order valence-electron chi connectivity index (χ4n) is 7.89. The molecule has 0 bridgehead atoms. The van der Waals surface area contributed by atoms with Gasteiger partial charge in [0, 0.05) is 32.8 Å². The first-order valence-electron chi connectivity index (χ1n) is 16.0. The van der Waals surface area contributed by atoms with E-state index in [4.69, 9.17) is 14.2 Å². The normalized spacial score (nSPS) is 13.1. The van der Waals surface area contributed by atoms with Gasteiger partial charge in [-0.3, -0.25) is 0 Å². The predicted octanol–water partition coefficient (Wildman–Crippen LogP) is 8.95. The zero-order valence-electron chi connectivity index (χ0n) is 25.1. The molecule has 0 saturated carbocycles. The molecule has 3 aliphatic heterocycles. The van der Waals surface area contributed by atoms with Crippen molar-refractivity contribution in [3.05, 3.63) is 146 Å². The van der Waals surface area contributed by atoms with Crippen molar-refractivity contribution >= 4 is 44.9 Å². The first kappa shape index (κ1) is 25.0. The maximum atomic E-state index is 6.59. The fraction of sp³-hybridized carbons (Fsp3) is 0. The number of benzene rings is 7. The largest absolute Gasteiger partial charge is 0.458 e. The van der Waals surface area contributed by atoms with Crippen molar-refractivity contribution in [2.24, 2.45) is 0 Å². The smallest absolute Gasteiger partial charge is 0.270 e. The summed E-state index contributed by atoms with van der Waals surface area (Å²) in [7, 11) is 0. The van der Waals surface area contributed by atoms with E-state index in [9.17, 15) is 0 Å². The molecule has 1 aromatic heterocycles. The summed E-state index contributed by atoms with van der Waals surface area (Å²) in [6.07, 6.45) is 0. The van der Waals surface area contributed by atoms with E-state index < -0.39 is 0 Å². The zero-order chi connectivity index (χ0) is 30.6. The SMILES string of the molecule is c1cc(-c2cccc(-n3c4ccccc4c4ccccc43)c2)cc(-c2cc3c4c(c2)Oc2cccc5c2B4c2c(cccc2O3)O5)c1. The lowest BCUT2D eigenvalue weighted by Crippen LogP contribution is -2.59. The quantitative estimate of drug-likeness (QED) is 0.190. The van der Waals surface area contributed by atoms with E-state index >= 15 is 0 Å². The van der Waals surface area contributed by atoms with Gasteiger partial charge >= 0.3 is 0 Å². The van der Waals surface area contributed by atoms with Gasteiger partial charge in [0.15, 0.2) is 0 Å². The number of fused-ring (bicyclic) bond motifs is 3. The fourth-order valence-corrected chi connectivity index (χ4v) is 7.89. The van der Waals surface area contributed by atoms with Gasteiger partial charge in [-0.15, -0.1) is 0 Å². The van der Waals surface area contributed by atoms with E-state index in [0.717, 1.165) is 78.8 Å². The highest BCUT2D eigenvalue weighted by molar-refractivity contribution is 6.99. The Hall–Kier alpha value is -6.20. The van der Waals surface area contributed by atoms with Gasteiger partial charge in [0.1, 0.15) is 34.5 Å². The maximum Gasteiger partial charge on any atom is 0.270 e. The molecule has 218 valence electrons. The monoisotopic (exact) mass is 601 g/mol. The van der Waals surface area contributed by atoms with Crippen LogP contribution in [0.3, 0.4) is 0 Å². The Labute approximate surface area is 271 Å². The van der Waals surface area contributed by atoms with E-state index in [1.54, 1.807) is 0 Å². The second-order valence-corrected chi connectivity index (χ2v) is 12.5. The molecule has 4 heterocycles. The molecular weight excluding hydrogens is 577 g/mol. The lowest BCUT2D eigenvalue weighted by Gasteiger charge is -2.37. The summed E-state index contributed by atoms with van der Waals surface area (Å²) in [5, 5.41) is 2.52. The van der Waals surface area contributed by atoms with Gasteiger partial charge in [-0.25, -0.2) is 0 Å². The van der Waals surface area contributed by atoms with Crippen molar-refractivity contribution in [1.82, 2.24) is 4.57 Å². The van der Waals surface area contributed by atoms with Gasteiger partial charge in [-0.05, 0) is 89.0 Å². The number of rotatable bonds is 3. The number of aromatic nitrogens is 1. The molecule has 0 aliphatic carbocycles. The van der Waals surface area contributed by atoms with Crippen LogP contribution >= 0.6 is 0 Å². The van der Waals surface area contributed by atoms with E-state index in [2.05, 4.69) is 114 Å². The van der Waals surface area contributed by atoms with Gasteiger partial charge in [0.05, 0.1) is 11.0 Å². The van der Waals surface area contributed by atoms with Crippen LogP contribution in [0.2, 0.25) is 0 Å². The van der Waals surface area contributed by atoms with E-state index in [1.807, 2.05) is 36.4 Å². The summed E-state index contributed by atoms with van der Waals surface area (Å²) in [6.45, 7) is 0.0117. The predicted molar refractivity (Wildman–Crippen MR) is 189 cm³/mol. The molecule has 0 N–H and O–H groups in total. The van der Waals surface area contributed by atoms with E-state index in [-0.39, 0.29) is 6.71 Å². The van der Waals surface area contributed by atoms with Crippen LogP contribution in [-0.4, -0.2) is 11.3 Å². The molecule has 0 spiro atoms. The first-order valence-corrected chi connectivity index (χ1v) is 16.0. The van der Waals surface area contributed by atoms with Gasteiger partial charge in [-0.1, -0.05) is 78.9 Å². The van der Waals surface area contributed by atoms with Crippen molar-refractivity contribution < 1.29 is 14.2 Å². The van der Waals surface area contributed by atoms with Gasteiger partial charge in [0.25, 0.3) is 6.71 Å². The molecule has 4 nitrogen and oxygen atoms in total. The highest BCUT2D eigenvalue weighted by atomic mass is 16.5. The standard InChI is InChI=1S/C42H24BNO3/c1-3-15-32-30(13-1)31-14-2-4-16-33(31)44(32)29-12-6-11-27(22-29)25-9-5-10-26(21-25)28-23-38-42-39(24-28)47-37-20-8-18-35-41(37)43(42)40-34(45-35)17-7-19-36(40)46-38/h1-24H. The zero-order valence-corrected chi connectivity index (χ0v) is 25.1. The Morgan fingerprint density at radius 1 is 0.362 bits per heavy atom. The third kappa shape index (κ3) is 3.48. The number of nitrogens with zero attached hydrogens (tertiary/aromatic N) is 1. The van der Waals surface area contributed by atoms with Crippen LogP contribution in [0.1, 0.15) is 0 Å². The molecule has 5 heteroatoms. The third-order valence-corrected chi connectivity index (χ3v) is 9.90. The second kappa shape index (κ2) is 9.18. The van der Waals surface area contributed by atoms with E-state index in [1.165, 1.54) is 21.8 Å². The number of para-hydroxylation sites is 2. The number of hydrogen-bond acceptors (Lipinski definition) is 3. The molecule has 0 fully saturated rings. The van der Waals surface area contributed by atoms with Gasteiger partial charge < -0.3 is 18.8 Å². The minimum absolute atomic E-state index is 0.0117. The van der Waals surface area contributed by atoms with Crippen LogP contribution in [0.5, 0.6) is 34.5 Å². The minimum Gasteiger partial charge on any atom is -0.458 e. The average Bonchev–Trinajstić information content (AvgIpc) is 3.46. The van der Waals surface area contributed by atoms with Crippen molar-refractivity contribution in [2.45, 2.75) is 0 Å². The second-order valence-electron chi connectivity index (χ2n) is 12.5. The molecule has 0 saturated heterocycles. The van der Waals surface area contributed by atoms with Crippen LogP contribution < -0.4 is 30.6 Å². The van der Waals surface area contributed by atoms with Crippen molar-refractivity contribution in [2.75, 3.05) is 0 Å². The molecule has 7 aromatic carbocycles. The number of hydrogen-bond donors (Lipinski definition) is 0. The maximum absolute atomic E-state index is 6.59. The van der Waals surface area contributed by atoms with Crippen LogP contribution in [0, 0.1) is 0 Å². The third-order valence-electron chi connectivity index (χ3n) is 9.90. The summed E-state index contributed by atoms with van der Waals surface area (Å²) in [4.78, 5) is 0. The van der Waals surface area contributed by atoms with Crippen LogP contribution in [0.15, 0.2) is 146 Å². The Morgan fingerprint density at radius 2 is 0.809 bits per heavy atom. The molecule has 0 radical (unpaired) electrons. The van der Waals surface area contributed by atoms with Crippen molar-refractivity contribution in [3.8, 4) is 62.4 Å². The van der Waals surface area contributed by atoms with Crippen LogP contribution in [0.4, 0.5) is 0 Å². The Balaban J connectivity index is 1.04. The minimum atomic E-state index is 0.0117. The van der Waals surface area contributed by atoms with Crippen LogP contribution in [0.25, 0.3) is 49.7 Å². The summed E-state index contributed by atoms with van der Waals surface area (Å²) in [6, 6.07) is 51.2. The van der Waals surface area contributed by atoms with Crippen LogP contribution in [-0.2, 0) is 0 Å². The Bertz CT molecular complexity index is 2510. The summed E-state index contributed by atoms with van der Waals surface area (Å²) in [5.41, 5.74) is 11.2. The lowest BCUT2D eigenvalue weighted by atomic mass is 9.34. The molecule has 0 unspecified atom stereocenters. The Kier molecular flexibility index (Phi) is 4.89. The van der Waals surface area contributed by atoms with Gasteiger partial charge in [-0.2, -0.15) is 0 Å². The molecule has 0 atom stereocenters. The van der Waals surface area contributed by atoms with Crippen molar-refractivity contribution in [3.63, 3.8) is 0 Å². The number of ether oxygens (including phenoxy) is 3. The molecule has 8 aromatic rings. The first-order chi connectivity index (χ1) is 23.3. The molecule has 47 heavy (non-hydrogen) atoms. The van der Waals surface area contributed by atoms with Crippen molar-refractivity contribution in [1.29, 1.82) is 0 Å². The summed E-state index contributed by atoms with van der Waals surface area (Å²) in [5.74, 6) is 5.01. The lowest BCUT2D eigenvalue weighted by molar-refractivity contribution is 0.443. The Morgan fingerprint density at radius 3 is 1.40 bits per heavy atom. The summed E-state index contributed by atoms with van der Waals surface area (Å²) >= 11 is 0. The highest BCUT2D eigenvalue weighted by Gasteiger charge is 2.46. The van der Waals surface area contributed by atoms with E-state index in [0.29, 0.717) is 0 Å².